The molecule has 2 rings (SSSR count). The largest absolute Gasteiger partial charge is 0.496 e. The predicted molar refractivity (Wildman–Crippen MR) is 91.4 cm³/mol. The molecule has 0 atom stereocenters. The number of benzene rings is 2. The fourth-order valence-electron chi connectivity index (χ4n) is 2.05. The van der Waals surface area contributed by atoms with Crippen LogP contribution in [0.5, 0.6) is 5.75 Å². The van der Waals surface area contributed by atoms with Crippen molar-refractivity contribution >= 4 is 29.1 Å². The van der Waals surface area contributed by atoms with Gasteiger partial charge >= 0.3 is 0 Å². The minimum Gasteiger partial charge on any atom is -0.496 e. The number of nitro groups is 1. The lowest BCUT2D eigenvalue weighted by Gasteiger charge is -2.07. The van der Waals surface area contributed by atoms with Crippen LogP contribution < -0.4 is 4.74 Å². The Balaban J connectivity index is 2.39. The highest BCUT2D eigenvalue weighted by Gasteiger charge is 2.08. The molecule has 0 aliphatic carbocycles. The molecule has 0 radical (unpaired) electrons. The van der Waals surface area contributed by atoms with Crippen LogP contribution in [0.2, 0.25) is 0 Å². The van der Waals surface area contributed by atoms with Gasteiger partial charge < -0.3 is 4.74 Å². The smallest absolute Gasteiger partial charge is 0.269 e. The van der Waals surface area contributed by atoms with Crippen molar-refractivity contribution in [3.63, 3.8) is 0 Å². The van der Waals surface area contributed by atoms with Crippen molar-refractivity contribution < 1.29 is 9.66 Å². The van der Waals surface area contributed by atoms with E-state index in [-0.39, 0.29) is 5.69 Å². The second-order valence-corrected chi connectivity index (χ2v) is 5.44. The van der Waals surface area contributed by atoms with Crippen LogP contribution in [0.25, 0.3) is 11.6 Å². The molecular weight excluding hydrogens is 312 g/mol. The van der Waals surface area contributed by atoms with Crippen LogP contribution in [0.15, 0.2) is 47.4 Å². The van der Waals surface area contributed by atoms with Crippen molar-refractivity contribution in [3.8, 4) is 11.8 Å². The molecule has 23 heavy (non-hydrogen) atoms. The highest BCUT2D eigenvalue weighted by Crippen LogP contribution is 2.30. The molecule has 0 saturated heterocycles. The number of nitro benzene ring substituents is 1. The molecule has 0 aromatic heterocycles. The standard InChI is InChI=1S/C17H14N2O3S/c1-22-16-10-12(3-8-17(16)23-2)9-14(11-18)13-4-6-15(7-5-13)19(20)21/h3-10H,1-2H3/b14-9-. The van der Waals surface area contributed by atoms with Crippen LogP contribution in [-0.2, 0) is 0 Å². The molecule has 0 aliphatic heterocycles. The maximum Gasteiger partial charge on any atom is 0.269 e. The number of hydrogen-bond acceptors (Lipinski definition) is 5. The SMILES string of the molecule is COc1cc(/C=C(/C#N)c2ccc([N+](=O)[O-])cc2)ccc1SC. The first-order chi connectivity index (χ1) is 11.1. The fourth-order valence-corrected chi connectivity index (χ4v) is 2.60. The Hall–Kier alpha value is -2.78. The lowest BCUT2D eigenvalue weighted by molar-refractivity contribution is -0.384. The quantitative estimate of drug-likeness (QED) is 0.268. The third kappa shape index (κ3) is 3.90. The maximum absolute atomic E-state index is 10.7. The first kappa shape index (κ1) is 16.6. The molecule has 0 unspecified atom stereocenters. The molecule has 6 heteroatoms. The molecule has 116 valence electrons. The summed E-state index contributed by atoms with van der Waals surface area (Å²) in [5.74, 6) is 0.743. The number of non-ortho nitro benzene ring substituents is 1. The summed E-state index contributed by atoms with van der Waals surface area (Å²) in [5.41, 5.74) is 1.89. The molecule has 0 N–H and O–H groups in total. The van der Waals surface area contributed by atoms with E-state index in [0.717, 1.165) is 16.2 Å². The lowest BCUT2D eigenvalue weighted by Crippen LogP contribution is -1.89. The Morgan fingerprint density at radius 3 is 2.52 bits per heavy atom. The van der Waals surface area contributed by atoms with E-state index < -0.39 is 4.92 Å². The van der Waals surface area contributed by atoms with E-state index in [1.807, 2.05) is 24.5 Å². The second-order valence-electron chi connectivity index (χ2n) is 4.59. The molecule has 0 fully saturated rings. The lowest BCUT2D eigenvalue weighted by atomic mass is 10.0. The fraction of sp³-hybridized carbons (Fsp3) is 0.118. The first-order valence-electron chi connectivity index (χ1n) is 6.67. The van der Waals surface area contributed by atoms with Gasteiger partial charge in [0.1, 0.15) is 5.75 Å². The average Bonchev–Trinajstić information content (AvgIpc) is 2.59. The summed E-state index contributed by atoms with van der Waals surface area (Å²) < 4.78 is 5.33. The van der Waals surface area contributed by atoms with Gasteiger partial charge in [0.2, 0.25) is 0 Å². The number of methoxy groups -OCH3 is 1. The second kappa shape index (κ2) is 7.47. The molecule has 0 spiro atoms. The van der Waals surface area contributed by atoms with E-state index >= 15 is 0 Å². The number of allylic oxidation sites excluding steroid dienone is 1. The highest BCUT2D eigenvalue weighted by atomic mass is 32.2. The topological polar surface area (TPSA) is 76.2 Å². The number of nitrogens with zero attached hydrogens (tertiary/aromatic N) is 2. The Morgan fingerprint density at radius 2 is 2.00 bits per heavy atom. The van der Waals surface area contributed by atoms with E-state index in [0.29, 0.717) is 11.1 Å². The Kier molecular flexibility index (Phi) is 5.39. The number of thioether (sulfide) groups is 1. The van der Waals surface area contributed by atoms with Crippen molar-refractivity contribution in [3.05, 3.63) is 63.7 Å². The summed E-state index contributed by atoms with van der Waals surface area (Å²) in [5, 5.41) is 20.0. The van der Waals surface area contributed by atoms with E-state index in [1.165, 1.54) is 12.1 Å². The van der Waals surface area contributed by atoms with Crippen LogP contribution in [0, 0.1) is 21.4 Å². The van der Waals surface area contributed by atoms with Crippen LogP contribution in [-0.4, -0.2) is 18.3 Å². The molecule has 2 aromatic rings. The van der Waals surface area contributed by atoms with Crippen molar-refractivity contribution in [1.29, 1.82) is 5.26 Å². The van der Waals surface area contributed by atoms with Crippen LogP contribution >= 0.6 is 11.8 Å². The zero-order valence-corrected chi connectivity index (χ0v) is 13.5. The minimum atomic E-state index is -0.467. The summed E-state index contributed by atoms with van der Waals surface area (Å²) >= 11 is 1.58. The van der Waals surface area contributed by atoms with E-state index in [1.54, 1.807) is 37.1 Å². The average molecular weight is 326 g/mol. The van der Waals surface area contributed by atoms with E-state index in [4.69, 9.17) is 4.74 Å². The molecule has 0 saturated carbocycles. The molecule has 0 amide bonds. The third-order valence-electron chi connectivity index (χ3n) is 3.23. The zero-order valence-electron chi connectivity index (χ0n) is 12.6. The Morgan fingerprint density at radius 1 is 1.30 bits per heavy atom. The first-order valence-corrected chi connectivity index (χ1v) is 7.90. The van der Waals surface area contributed by atoms with Gasteiger partial charge in [0.15, 0.2) is 0 Å². The van der Waals surface area contributed by atoms with E-state index in [2.05, 4.69) is 6.07 Å². The summed E-state index contributed by atoms with van der Waals surface area (Å²) in [6, 6.07) is 13.7. The molecule has 0 bridgehead atoms. The highest BCUT2D eigenvalue weighted by molar-refractivity contribution is 7.98. The number of ether oxygens (including phenoxy) is 1. The van der Waals surface area contributed by atoms with E-state index in [9.17, 15) is 15.4 Å². The van der Waals surface area contributed by atoms with Gasteiger partial charge in [0.25, 0.3) is 5.69 Å². The molecule has 2 aromatic carbocycles. The van der Waals surface area contributed by atoms with Gasteiger partial charge in [0.05, 0.1) is 23.7 Å². The van der Waals surface area contributed by atoms with Crippen LogP contribution in [0.3, 0.4) is 0 Å². The summed E-state index contributed by atoms with van der Waals surface area (Å²) in [7, 11) is 1.60. The molecule has 0 heterocycles. The Bertz CT molecular complexity index is 792. The number of rotatable bonds is 5. The van der Waals surface area contributed by atoms with Gasteiger partial charge in [-0.1, -0.05) is 6.07 Å². The number of nitriles is 1. The van der Waals surface area contributed by atoms with Gasteiger partial charge in [0, 0.05) is 17.0 Å². The summed E-state index contributed by atoms with van der Waals surface area (Å²) in [6.07, 6.45) is 3.69. The van der Waals surface area contributed by atoms with Crippen molar-refractivity contribution in [1.82, 2.24) is 0 Å². The number of hydrogen-bond donors (Lipinski definition) is 0. The maximum atomic E-state index is 10.7. The van der Waals surface area contributed by atoms with Gasteiger partial charge in [-0.2, -0.15) is 5.26 Å². The summed E-state index contributed by atoms with van der Waals surface area (Å²) in [6.45, 7) is 0. The molecule has 5 nitrogen and oxygen atoms in total. The van der Waals surface area contributed by atoms with Crippen molar-refractivity contribution in [2.45, 2.75) is 4.90 Å². The Labute approximate surface area is 138 Å². The normalized spacial score (nSPS) is 10.9. The van der Waals surface area contributed by atoms with Gasteiger partial charge in [-0.25, -0.2) is 0 Å². The monoisotopic (exact) mass is 326 g/mol. The van der Waals surface area contributed by atoms with Crippen molar-refractivity contribution in [2.75, 3.05) is 13.4 Å². The van der Waals surface area contributed by atoms with Gasteiger partial charge in [-0.05, 0) is 47.7 Å². The van der Waals surface area contributed by atoms with Gasteiger partial charge in [-0.15, -0.1) is 11.8 Å². The third-order valence-corrected chi connectivity index (χ3v) is 4.01. The van der Waals surface area contributed by atoms with Crippen LogP contribution in [0.4, 0.5) is 5.69 Å². The zero-order chi connectivity index (χ0) is 16.8. The van der Waals surface area contributed by atoms with Gasteiger partial charge in [-0.3, -0.25) is 10.1 Å². The molecule has 0 aliphatic rings. The molecular formula is C17H14N2O3S. The minimum absolute atomic E-state index is 0.00275. The predicted octanol–water partition coefficient (Wildman–Crippen LogP) is 4.39. The van der Waals surface area contributed by atoms with Crippen molar-refractivity contribution in [2.24, 2.45) is 0 Å². The van der Waals surface area contributed by atoms with Crippen LogP contribution in [0.1, 0.15) is 11.1 Å². The summed E-state index contributed by atoms with van der Waals surface area (Å²) in [4.78, 5) is 11.2.